The van der Waals surface area contributed by atoms with Crippen molar-refractivity contribution in [3.8, 4) is 0 Å². The van der Waals surface area contributed by atoms with Crippen LogP contribution in [0.15, 0.2) is 51.8 Å². The number of fused-ring (bicyclic) bond motifs is 2. The molecule has 1 aliphatic heterocycles. The zero-order chi connectivity index (χ0) is 17.4. The minimum Gasteiger partial charge on any atom is -0.441 e. The lowest BCUT2D eigenvalue weighted by atomic mass is 10.2. The van der Waals surface area contributed by atoms with Crippen molar-refractivity contribution in [1.29, 1.82) is 0 Å². The number of aryl methyl sites for hydroxylation is 1. The van der Waals surface area contributed by atoms with E-state index >= 15 is 0 Å². The van der Waals surface area contributed by atoms with E-state index in [1.54, 1.807) is 25.1 Å². The van der Waals surface area contributed by atoms with Crippen LogP contribution in [-0.2, 0) is 9.59 Å². The molecule has 2 heterocycles. The van der Waals surface area contributed by atoms with Gasteiger partial charge in [-0.1, -0.05) is 12.1 Å². The van der Waals surface area contributed by atoms with E-state index in [0.717, 1.165) is 10.6 Å². The fourth-order valence-corrected chi connectivity index (χ4v) is 3.84. The van der Waals surface area contributed by atoms with Crippen molar-refractivity contribution in [1.82, 2.24) is 4.98 Å². The van der Waals surface area contributed by atoms with Crippen molar-refractivity contribution in [2.24, 2.45) is 0 Å². The number of thioether (sulfide) groups is 1. The fourth-order valence-electron chi connectivity index (χ4n) is 2.73. The van der Waals surface area contributed by atoms with E-state index in [-0.39, 0.29) is 18.2 Å². The summed E-state index contributed by atoms with van der Waals surface area (Å²) >= 11 is 1.41. The summed E-state index contributed by atoms with van der Waals surface area (Å²) in [5, 5.41) is 5.21. The van der Waals surface area contributed by atoms with Gasteiger partial charge in [0.25, 0.3) is 0 Å². The maximum absolute atomic E-state index is 12.3. The number of amides is 2. The summed E-state index contributed by atoms with van der Waals surface area (Å²) in [6, 6.07) is 12.9. The lowest BCUT2D eigenvalue weighted by Crippen LogP contribution is -2.32. The third-order valence-electron chi connectivity index (χ3n) is 3.86. The molecule has 6 nitrogen and oxygen atoms in total. The highest BCUT2D eigenvalue weighted by Gasteiger charge is 2.28. The van der Waals surface area contributed by atoms with Crippen LogP contribution in [0.3, 0.4) is 0 Å². The number of nitrogens with one attached hydrogen (secondary N) is 2. The number of benzene rings is 2. The highest BCUT2D eigenvalue weighted by molar-refractivity contribution is 8.01. The van der Waals surface area contributed by atoms with E-state index in [9.17, 15) is 9.59 Å². The van der Waals surface area contributed by atoms with E-state index in [2.05, 4.69) is 15.6 Å². The molecule has 1 unspecified atom stereocenters. The standard InChI is InChI=1S/C18H15N3O3S/c1-10-19-13-8-11(6-7-14(13)24-10)20-17(22)9-16-18(23)21-12-4-2-3-5-15(12)25-16/h2-8,16H,9H2,1H3,(H,20,22)(H,21,23). The number of hydrogen-bond acceptors (Lipinski definition) is 5. The zero-order valence-electron chi connectivity index (χ0n) is 13.4. The van der Waals surface area contributed by atoms with Gasteiger partial charge in [-0.15, -0.1) is 11.8 Å². The highest BCUT2D eigenvalue weighted by Crippen LogP contribution is 2.36. The normalized spacial score (nSPS) is 16.4. The van der Waals surface area contributed by atoms with Gasteiger partial charge < -0.3 is 15.1 Å². The van der Waals surface area contributed by atoms with Crippen molar-refractivity contribution < 1.29 is 14.0 Å². The molecule has 2 amide bonds. The molecule has 0 aliphatic carbocycles. The minimum absolute atomic E-state index is 0.0979. The largest absolute Gasteiger partial charge is 0.441 e. The first-order chi connectivity index (χ1) is 12.1. The number of hydrogen-bond donors (Lipinski definition) is 2. The second-order valence-electron chi connectivity index (χ2n) is 5.76. The molecule has 2 aromatic carbocycles. The number of carbonyl (C=O) groups is 2. The third-order valence-corrected chi connectivity index (χ3v) is 5.13. The van der Waals surface area contributed by atoms with Crippen LogP contribution in [-0.4, -0.2) is 22.0 Å². The van der Waals surface area contributed by atoms with Crippen molar-refractivity contribution in [2.75, 3.05) is 10.6 Å². The lowest BCUT2D eigenvalue weighted by molar-refractivity contribution is -0.120. The number of nitrogens with zero attached hydrogens (tertiary/aromatic N) is 1. The Morgan fingerprint density at radius 1 is 1.32 bits per heavy atom. The van der Waals surface area contributed by atoms with E-state index in [1.807, 2.05) is 24.3 Å². The summed E-state index contributed by atoms with van der Waals surface area (Å²) in [5.74, 6) is 0.209. The molecule has 0 saturated carbocycles. The van der Waals surface area contributed by atoms with E-state index in [4.69, 9.17) is 4.42 Å². The Labute approximate surface area is 148 Å². The van der Waals surface area contributed by atoms with Gasteiger partial charge in [-0.25, -0.2) is 4.98 Å². The van der Waals surface area contributed by atoms with Gasteiger partial charge in [0.15, 0.2) is 11.5 Å². The summed E-state index contributed by atoms with van der Waals surface area (Å²) in [7, 11) is 0. The number of rotatable bonds is 3. The highest BCUT2D eigenvalue weighted by atomic mass is 32.2. The zero-order valence-corrected chi connectivity index (χ0v) is 14.2. The van der Waals surface area contributed by atoms with Crippen LogP contribution in [0.1, 0.15) is 12.3 Å². The second-order valence-corrected chi connectivity index (χ2v) is 7.00. The van der Waals surface area contributed by atoms with Gasteiger partial charge in [0.2, 0.25) is 11.8 Å². The van der Waals surface area contributed by atoms with Crippen molar-refractivity contribution in [3.05, 3.63) is 48.4 Å². The third kappa shape index (κ3) is 3.23. The maximum atomic E-state index is 12.3. The molecule has 1 aromatic heterocycles. The van der Waals surface area contributed by atoms with Crippen LogP contribution in [0.25, 0.3) is 11.1 Å². The topological polar surface area (TPSA) is 84.2 Å². The number of oxazole rings is 1. The minimum atomic E-state index is -0.451. The van der Waals surface area contributed by atoms with E-state index < -0.39 is 5.25 Å². The van der Waals surface area contributed by atoms with Crippen LogP contribution < -0.4 is 10.6 Å². The molecular formula is C18H15N3O3S. The van der Waals surface area contributed by atoms with Gasteiger partial charge in [0, 0.05) is 23.9 Å². The molecule has 1 aliphatic rings. The monoisotopic (exact) mass is 353 g/mol. The van der Waals surface area contributed by atoms with Crippen LogP contribution in [0.4, 0.5) is 11.4 Å². The maximum Gasteiger partial charge on any atom is 0.238 e. The first-order valence-electron chi connectivity index (χ1n) is 7.82. The molecule has 0 spiro atoms. The Bertz CT molecular complexity index is 983. The Balaban J connectivity index is 1.45. The molecule has 2 N–H and O–H groups in total. The molecule has 1 atom stereocenters. The SMILES string of the molecule is Cc1nc2cc(NC(=O)CC3Sc4ccccc4NC3=O)ccc2o1. The second kappa shape index (κ2) is 6.25. The summed E-state index contributed by atoms with van der Waals surface area (Å²) < 4.78 is 5.42. The van der Waals surface area contributed by atoms with Crippen LogP contribution >= 0.6 is 11.8 Å². The fraction of sp³-hybridized carbons (Fsp3) is 0.167. The average Bonchev–Trinajstić information content (AvgIpc) is 2.95. The lowest BCUT2D eigenvalue weighted by Gasteiger charge is -2.23. The molecule has 0 saturated heterocycles. The molecule has 3 aromatic rings. The Morgan fingerprint density at radius 2 is 2.16 bits per heavy atom. The smallest absolute Gasteiger partial charge is 0.238 e. The van der Waals surface area contributed by atoms with Gasteiger partial charge in [-0.2, -0.15) is 0 Å². The summed E-state index contributed by atoms with van der Waals surface area (Å²) in [6.07, 6.45) is 0.0979. The average molecular weight is 353 g/mol. The molecule has 25 heavy (non-hydrogen) atoms. The number of aromatic nitrogens is 1. The molecule has 126 valence electrons. The molecular weight excluding hydrogens is 338 g/mol. The quantitative estimate of drug-likeness (QED) is 0.752. The number of carbonyl (C=O) groups excluding carboxylic acids is 2. The molecule has 4 rings (SSSR count). The van der Waals surface area contributed by atoms with Gasteiger partial charge in [0.1, 0.15) is 5.52 Å². The van der Waals surface area contributed by atoms with Crippen molar-refractivity contribution >= 4 is 46.1 Å². The predicted molar refractivity (Wildman–Crippen MR) is 96.7 cm³/mol. The summed E-state index contributed by atoms with van der Waals surface area (Å²) in [5.41, 5.74) is 2.79. The van der Waals surface area contributed by atoms with Crippen LogP contribution in [0.5, 0.6) is 0 Å². The Kier molecular flexibility index (Phi) is 3.93. The van der Waals surface area contributed by atoms with Crippen LogP contribution in [0.2, 0.25) is 0 Å². The first kappa shape index (κ1) is 15.7. The van der Waals surface area contributed by atoms with Gasteiger partial charge in [0.05, 0.1) is 10.9 Å². The summed E-state index contributed by atoms with van der Waals surface area (Å²) in [6.45, 7) is 1.77. The number of para-hydroxylation sites is 1. The van der Waals surface area contributed by atoms with Crippen LogP contribution in [0, 0.1) is 6.92 Å². The van der Waals surface area contributed by atoms with Gasteiger partial charge in [-0.05, 0) is 30.3 Å². The predicted octanol–water partition coefficient (Wildman–Crippen LogP) is 3.58. The Morgan fingerprint density at radius 3 is 3.04 bits per heavy atom. The van der Waals surface area contributed by atoms with Crippen molar-refractivity contribution in [3.63, 3.8) is 0 Å². The van der Waals surface area contributed by atoms with E-state index in [0.29, 0.717) is 22.7 Å². The van der Waals surface area contributed by atoms with Crippen molar-refractivity contribution in [2.45, 2.75) is 23.5 Å². The first-order valence-corrected chi connectivity index (χ1v) is 8.70. The number of anilines is 2. The van der Waals surface area contributed by atoms with E-state index in [1.165, 1.54) is 11.8 Å². The molecule has 0 bridgehead atoms. The molecule has 7 heteroatoms. The summed E-state index contributed by atoms with van der Waals surface area (Å²) in [4.78, 5) is 29.7. The van der Waals surface area contributed by atoms with Gasteiger partial charge >= 0.3 is 0 Å². The van der Waals surface area contributed by atoms with Gasteiger partial charge in [-0.3, -0.25) is 9.59 Å². The molecule has 0 radical (unpaired) electrons. The molecule has 0 fully saturated rings. The Hall–Kier alpha value is -2.80.